The SMILES string of the molecule is CC(C)(C)c1ccc(C(=O)CC2(O)C(=O)N(CCCC#N)c3ccccc32)cc1. The fourth-order valence-corrected chi connectivity index (χ4v) is 3.71. The second-order valence-electron chi connectivity index (χ2n) is 8.52. The summed E-state index contributed by atoms with van der Waals surface area (Å²) in [4.78, 5) is 27.5. The summed E-state index contributed by atoms with van der Waals surface area (Å²) in [7, 11) is 0. The number of hydrogen-bond acceptors (Lipinski definition) is 4. The zero-order valence-corrected chi connectivity index (χ0v) is 17.1. The lowest BCUT2D eigenvalue weighted by atomic mass is 9.85. The van der Waals surface area contributed by atoms with E-state index in [-0.39, 0.29) is 17.6 Å². The van der Waals surface area contributed by atoms with Crippen LogP contribution in [0.2, 0.25) is 0 Å². The predicted molar refractivity (Wildman–Crippen MR) is 112 cm³/mol. The Balaban J connectivity index is 1.86. The van der Waals surface area contributed by atoms with Crippen molar-refractivity contribution >= 4 is 17.4 Å². The second-order valence-corrected chi connectivity index (χ2v) is 8.52. The molecule has 29 heavy (non-hydrogen) atoms. The molecule has 3 rings (SSSR count). The van der Waals surface area contributed by atoms with Crippen LogP contribution in [0.5, 0.6) is 0 Å². The van der Waals surface area contributed by atoms with Crippen molar-refractivity contribution in [1.82, 2.24) is 0 Å². The number of fused-ring (bicyclic) bond motifs is 1. The van der Waals surface area contributed by atoms with Gasteiger partial charge in [-0.3, -0.25) is 9.59 Å². The van der Waals surface area contributed by atoms with Gasteiger partial charge in [-0.15, -0.1) is 0 Å². The molecule has 1 aliphatic rings. The van der Waals surface area contributed by atoms with Gasteiger partial charge < -0.3 is 10.0 Å². The van der Waals surface area contributed by atoms with E-state index >= 15 is 0 Å². The highest BCUT2D eigenvalue weighted by atomic mass is 16.3. The maximum Gasteiger partial charge on any atom is 0.264 e. The van der Waals surface area contributed by atoms with Gasteiger partial charge in [0, 0.05) is 24.1 Å². The van der Waals surface area contributed by atoms with E-state index in [4.69, 9.17) is 5.26 Å². The van der Waals surface area contributed by atoms with Gasteiger partial charge >= 0.3 is 0 Å². The summed E-state index contributed by atoms with van der Waals surface area (Å²) in [5, 5.41) is 20.0. The van der Waals surface area contributed by atoms with Crippen LogP contribution in [0.3, 0.4) is 0 Å². The Labute approximate surface area is 171 Å². The third kappa shape index (κ3) is 3.94. The molecule has 1 aliphatic heterocycles. The first-order valence-electron chi connectivity index (χ1n) is 9.83. The van der Waals surface area contributed by atoms with Gasteiger partial charge in [-0.1, -0.05) is 63.2 Å². The number of amides is 1. The van der Waals surface area contributed by atoms with Gasteiger partial charge in [0.1, 0.15) is 0 Å². The number of aliphatic hydroxyl groups is 1. The molecule has 1 atom stereocenters. The van der Waals surface area contributed by atoms with Crippen molar-refractivity contribution in [1.29, 1.82) is 5.26 Å². The molecule has 5 heteroatoms. The van der Waals surface area contributed by atoms with Crippen LogP contribution < -0.4 is 4.90 Å². The van der Waals surface area contributed by atoms with Crippen LogP contribution >= 0.6 is 0 Å². The smallest absolute Gasteiger partial charge is 0.264 e. The summed E-state index contributed by atoms with van der Waals surface area (Å²) in [5.74, 6) is -0.786. The highest BCUT2D eigenvalue weighted by Gasteiger charge is 2.50. The molecule has 2 aromatic rings. The van der Waals surface area contributed by atoms with E-state index < -0.39 is 11.5 Å². The van der Waals surface area contributed by atoms with E-state index in [1.54, 1.807) is 36.4 Å². The zero-order chi connectivity index (χ0) is 21.2. The summed E-state index contributed by atoms with van der Waals surface area (Å²) in [6.07, 6.45) is 0.519. The first-order chi connectivity index (χ1) is 13.7. The van der Waals surface area contributed by atoms with E-state index in [0.29, 0.717) is 36.2 Å². The number of benzene rings is 2. The number of carbonyl (C=O) groups excluding carboxylic acids is 2. The molecule has 0 saturated heterocycles. The molecule has 1 N–H and O–H groups in total. The lowest BCUT2D eigenvalue weighted by Gasteiger charge is -2.23. The Morgan fingerprint density at radius 2 is 1.79 bits per heavy atom. The molecule has 0 bridgehead atoms. The third-order valence-corrected chi connectivity index (χ3v) is 5.40. The summed E-state index contributed by atoms with van der Waals surface area (Å²) in [6, 6.07) is 16.4. The predicted octanol–water partition coefficient (Wildman–Crippen LogP) is 4.10. The average Bonchev–Trinajstić information content (AvgIpc) is 2.89. The maximum atomic E-state index is 13.1. The summed E-state index contributed by atoms with van der Waals surface area (Å²) >= 11 is 0. The van der Waals surface area contributed by atoms with Crippen LogP contribution in [0.4, 0.5) is 5.69 Å². The van der Waals surface area contributed by atoms with Crippen molar-refractivity contribution in [2.45, 2.75) is 51.0 Å². The molecule has 0 aliphatic carbocycles. The standard InChI is InChI=1S/C24H26N2O3/c1-23(2,3)18-12-10-17(11-13-18)21(27)16-24(29)19-8-4-5-9-20(19)26(22(24)28)15-7-6-14-25/h4-5,8-13,29H,6-7,15-16H2,1-3H3. The number of carbonyl (C=O) groups is 2. The highest BCUT2D eigenvalue weighted by molar-refractivity contribution is 6.10. The van der Waals surface area contributed by atoms with Crippen LogP contribution in [0, 0.1) is 11.3 Å². The van der Waals surface area contributed by atoms with Gasteiger partial charge in [-0.2, -0.15) is 5.26 Å². The van der Waals surface area contributed by atoms with Gasteiger partial charge in [0.2, 0.25) is 0 Å². The van der Waals surface area contributed by atoms with Gasteiger partial charge in [0.05, 0.1) is 18.2 Å². The van der Waals surface area contributed by atoms with Crippen LogP contribution in [-0.2, 0) is 15.8 Å². The molecule has 1 unspecified atom stereocenters. The summed E-state index contributed by atoms with van der Waals surface area (Å²) in [6.45, 7) is 6.63. The molecular formula is C24H26N2O3. The maximum absolute atomic E-state index is 13.1. The van der Waals surface area contributed by atoms with E-state index in [1.807, 2.05) is 12.1 Å². The molecule has 0 fully saturated rings. The monoisotopic (exact) mass is 390 g/mol. The second kappa shape index (κ2) is 7.81. The Hall–Kier alpha value is -2.97. The Kier molecular flexibility index (Phi) is 5.59. The van der Waals surface area contributed by atoms with Gasteiger partial charge in [-0.05, 0) is 23.5 Å². The topological polar surface area (TPSA) is 81.4 Å². The Bertz CT molecular complexity index is 967. The molecule has 2 aromatic carbocycles. The lowest BCUT2D eigenvalue weighted by Crippen LogP contribution is -2.42. The normalized spacial score (nSPS) is 18.4. The number of unbranched alkanes of at least 4 members (excludes halogenated alkanes) is 1. The summed E-state index contributed by atoms with van der Waals surface area (Å²) in [5.41, 5.74) is 0.724. The van der Waals surface area contributed by atoms with Crippen molar-refractivity contribution in [3.05, 3.63) is 65.2 Å². The van der Waals surface area contributed by atoms with Crippen molar-refractivity contribution in [3.8, 4) is 6.07 Å². The number of anilines is 1. The highest BCUT2D eigenvalue weighted by Crippen LogP contribution is 2.43. The Morgan fingerprint density at radius 3 is 2.41 bits per heavy atom. The summed E-state index contributed by atoms with van der Waals surface area (Å²) < 4.78 is 0. The molecule has 1 amide bonds. The minimum Gasteiger partial charge on any atom is -0.375 e. The first kappa shape index (κ1) is 20.8. The van der Waals surface area contributed by atoms with Crippen molar-refractivity contribution < 1.29 is 14.7 Å². The molecular weight excluding hydrogens is 364 g/mol. The number of Topliss-reactive ketones (excluding diaryl/α,β-unsaturated/α-hetero) is 1. The van der Waals surface area contributed by atoms with Crippen LogP contribution in [-0.4, -0.2) is 23.3 Å². The van der Waals surface area contributed by atoms with Crippen molar-refractivity contribution in [2.75, 3.05) is 11.4 Å². The fourth-order valence-electron chi connectivity index (χ4n) is 3.71. The van der Waals surface area contributed by atoms with E-state index in [1.165, 1.54) is 4.90 Å². The molecule has 5 nitrogen and oxygen atoms in total. The average molecular weight is 390 g/mol. The van der Waals surface area contributed by atoms with Gasteiger partial charge in [0.15, 0.2) is 11.4 Å². The van der Waals surface area contributed by atoms with Crippen LogP contribution in [0.25, 0.3) is 0 Å². The van der Waals surface area contributed by atoms with Gasteiger partial charge in [-0.25, -0.2) is 0 Å². The number of ketones is 1. The number of para-hydroxylation sites is 1. The number of nitriles is 1. The number of rotatable bonds is 6. The molecule has 150 valence electrons. The largest absolute Gasteiger partial charge is 0.375 e. The van der Waals surface area contributed by atoms with E-state index in [2.05, 4.69) is 26.8 Å². The number of hydrogen-bond donors (Lipinski definition) is 1. The van der Waals surface area contributed by atoms with Gasteiger partial charge in [0.25, 0.3) is 5.91 Å². The minimum absolute atomic E-state index is 0.0237. The van der Waals surface area contributed by atoms with Crippen molar-refractivity contribution in [3.63, 3.8) is 0 Å². The van der Waals surface area contributed by atoms with Crippen LogP contribution in [0.15, 0.2) is 48.5 Å². The van der Waals surface area contributed by atoms with Crippen molar-refractivity contribution in [2.24, 2.45) is 0 Å². The number of nitrogens with zero attached hydrogens (tertiary/aromatic N) is 2. The molecule has 0 saturated carbocycles. The Morgan fingerprint density at radius 1 is 1.14 bits per heavy atom. The molecule has 1 heterocycles. The minimum atomic E-state index is -1.89. The quantitative estimate of drug-likeness (QED) is 0.595. The first-order valence-corrected chi connectivity index (χ1v) is 9.83. The molecule has 0 spiro atoms. The molecule has 0 aromatic heterocycles. The van der Waals surface area contributed by atoms with Crippen LogP contribution in [0.1, 0.15) is 61.5 Å². The fraction of sp³-hybridized carbons (Fsp3) is 0.375. The van der Waals surface area contributed by atoms with E-state index in [9.17, 15) is 14.7 Å². The zero-order valence-electron chi connectivity index (χ0n) is 17.1. The lowest BCUT2D eigenvalue weighted by molar-refractivity contribution is -0.135. The third-order valence-electron chi connectivity index (χ3n) is 5.40. The molecule has 0 radical (unpaired) electrons. The van der Waals surface area contributed by atoms with E-state index in [0.717, 1.165) is 5.56 Å².